The van der Waals surface area contributed by atoms with E-state index in [4.69, 9.17) is 0 Å². The fraction of sp³-hybridized carbons (Fsp3) is 0.538. The molecule has 0 aromatic heterocycles. The number of hydrogen-bond donors (Lipinski definition) is 1. The highest BCUT2D eigenvalue weighted by Gasteiger charge is 2.49. The zero-order valence-corrected chi connectivity index (χ0v) is 12.7. The van der Waals surface area contributed by atoms with Gasteiger partial charge in [0.2, 0.25) is 0 Å². The second-order valence-corrected chi connectivity index (χ2v) is 9.01. The van der Waals surface area contributed by atoms with Crippen molar-refractivity contribution in [3.8, 4) is 0 Å². The van der Waals surface area contributed by atoms with Gasteiger partial charge in [-0.05, 0) is 31.7 Å². The van der Waals surface area contributed by atoms with Crippen LogP contribution in [-0.2, 0) is 0 Å². The highest BCUT2D eigenvalue weighted by Crippen LogP contribution is 2.61. The number of fused-ring (bicyclic) bond motifs is 3. The van der Waals surface area contributed by atoms with E-state index in [1.165, 1.54) is 11.3 Å². The quantitative estimate of drug-likeness (QED) is 0.765. The van der Waals surface area contributed by atoms with Gasteiger partial charge in [0.15, 0.2) is 0 Å². The molecule has 0 bridgehead atoms. The molecule has 17 heavy (non-hydrogen) atoms. The summed E-state index contributed by atoms with van der Waals surface area (Å²) in [5.41, 5.74) is 3.02. The van der Waals surface area contributed by atoms with Crippen molar-refractivity contribution in [2.24, 2.45) is 0 Å². The predicted octanol–water partition coefficient (Wildman–Crippen LogP) is 4.43. The second-order valence-electron chi connectivity index (χ2n) is 5.18. The third kappa shape index (κ3) is 1.89. The normalized spacial score (nSPS) is 33.7. The van der Waals surface area contributed by atoms with Gasteiger partial charge in [0.05, 0.1) is 4.58 Å². The van der Waals surface area contributed by atoms with Gasteiger partial charge in [-0.15, -0.1) is 11.8 Å². The summed E-state index contributed by atoms with van der Waals surface area (Å²) < 4.78 is 0.688. The maximum Gasteiger partial charge on any atom is 0.0684 e. The molecule has 92 valence electrons. The van der Waals surface area contributed by atoms with E-state index in [1.54, 1.807) is 0 Å². The number of anilines is 1. The van der Waals surface area contributed by atoms with Gasteiger partial charge in [-0.1, -0.05) is 39.8 Å². The Morgan fingerprint density at radius 3 is 2.76 bits per heavy atom. The predicted molar refractivity (Wildman–Crippen MR) is 83.2 cm³/mol. The number of rotatable bonds is 1. The molecular weight excluding hydrogens is 266 g/mol. The van der Waals surface area contributed by atoms with Crippen LogP contribution in [0.15, 0.2) is 24.3 Å². The number of benzene rings is 1. The van der Waals surface area contributed by atoms with Crippen molar-refractivity contribution in [2.75, 3.05) is 11.6 Å². The molecule has 1 nitrogen and oxygen atoms in total. The van der Waals surface area contributed by atoms with E-state index in [2.05, 4.69) is 71.3 Å². The van der Waals surface area contributed by atoms with E-state index >= 15 is 0 Å². The Morgan fingerprint density at radius 2 is 2.00 bits per heavy atom. The van der Waals surface area contributed by atoms with Gasteiger partial charge in [0.1, 0.15) is 0 Å². The van der Waals surface area contributed by atoms with Crippen LogP contribution in [0.4, 0.5) is 5.69 Å². The third-order valence-corrected chi connectivity index (χ3v) is 8.84. The fourth-order valence-electron chi connectivity index (χ4n) is 2.76. The van der Waals surface area contributed by atoms with Crippen molar-refractivity contribution in [3.05, 3.63) is 29.8 Å². The average Bonchev–Trinajstić information content (AvgIpc) is 2.73. The Kier molecular flexibility index (Phi) is 3.08. The zero-order chi connectivity index (χ0) is 12.0. The Labute approximate surface area is 115 Å². The summed E-state index contributed by atoms with van der Waals surface area (Å²) in [5, 5.41) is 4.38. The number of hydrogen-bond acceptors (Lipinski definition) is 4. The molecular formula is C13H17NS3. The third-order valence-electron chi connectivity index (χ3n) is 3.59. The van der Waals surface area contributed by atoms with Crippen molar-refractivity contribution < 1.29 is 0 Å². The Morgan fingerprint density at radius 1 is 1.24 bits per heavy atom. The lowest BCUT2D eigenvalue weighted by molar-refractivity contribution is 0.473. The molecule has 3 atom stereocenters. The molecule has 1 aromatic rings. The molecule has 1 fully saturated rings. The van der Waals surface area contributed by atoms with Gasteiger partial charge in [0.25, 0.3) is 0 Å². The van der Waals surface area contributed by atoms with Crippen molar-refractivity contribution in [1.82, 2.24) is 0 Å². The standard InChI is InChI=1S/C13H17NS3/c1-13(2)11-10(12(15-3)17-16-11)8-6-4-5-7-9(8)14-13/h4-7,10-12,14H,1-3H3/t10-,11+,12?/m1/s1. The van der Waals surface area contributed by atoms with Crippen LogP contribution in [0.2, 0.25) is 0 Å². The number of para-hydroxylation sites is 1. The molecule has 0 saturated carbocycles. The molecule has 4 heteroatoms. The van der Waals surface area contributed by atoms with Gasteiger partial charge in [-0.25, -0.2) is 0 Å². The van der Waals surface area contributed by atoms with Crippen molar-refractivity contribution in [2.45, 2.75) is 35.1 Å². The summed E-state index contributed by atoms with van der Waals surface area (Å²) in [6, 6.07) is 8.82. The number of thioether (sulfide) groups is 1. The zero-order valence-electron chi connectivity index (χ0n) is 10.3. The molecule has 0 spiro atoms. The Bertz CT molecular complexity index is 432. The van der Waals surface area contributed by atoms with Crippen LogP contribution in [-0.4, -0.2) is 21.6 Å². The molecule has 2 aliphatic heterocycles. The van der Waals surface area contributed by atoms with Crippen molar-refractivity contribution in [3.63, 3.8) is 0 Å². The van der Waals surface area contributed by atoms with Crippen LogP contribution in [0.5, 0.6) is 0 Å². The van der Waals surface area contributed by atoms with Crippen LogP contribution >= 0.6 is 33.3 Å². The summed E-state index contributed by atoms with van der Waals surface area (Å²) in [6.07, 6.45) is 2.23. The molecule has 1 unspecified atom stereocenters. The maximum atomic E-state index is 3.71. The first-order valence-corrected chi connectivity index (χ1v) is 9.42. The van der Waals surface area contributed by atoms with E-state index in [0.717, 1.165) is 0 Å². The summed E-state index contributed by atoms with van der Waals surface area (Å²) in [6.45, 7) is 4.66. The lowest BCUT2D eigenvalue weighted by Gasteiger charge is -2.43. The first-order valence-electron chi connectivity index (χ1n) is 5.85. The summed E-state index contributed by atoms with van der Waals surface area (Å²) in [4.78, 5) is 0. The van der Waals surface area contributed by atoms with Gasteiger partial charge >= 0.3 is 0 Å². The summed E-state index contributed by atoms with van der Waals surface area (Å²) in [5.74, 6) is 0.674. The van der Waals surface area contributed by atoms with Crippen LogP contribution in [0, 0.1) is 0 Å². The molecule has 1 aromatic carbocycles. The SMILES string of the molecule is CSC1SS[C@H]2[C@H]1c1ccccc1NC2(C)C. The van der Waals surface area contributed by atoms with Crippen LogP contribution in [0.1, 0.15) is 25.3 Å². The maximum absolute atomic E-state index is 3.71. The van der Waals surface area contributed by atoms with Crippen LogP contribution in [0.3, 0.4) is 0 Å². The van der Waals surface area contributed by atoms with Crippen molar-refractivity contribution >= 4 is 39.0 Å². The molecule has 2 heterocycles. The van der Waals surface area contributed by atoms with Gasteiger partial charge < -0.3 is 5.32 Å². The average molecular weight is 283 g/mol. The molecule has 0 amide bonds. The lowest BCUT2D eigenvalue weighted by atomic mass is 9.81. The minimum atomic E-state index is 0.182. The topological polar surface area (TPSA) is 12.0 Å². The van der Waals surface area contributed by atoms with Gasteiger partial charge in [0, 0.05) is 22.4 Å². The molecule has 3 rings (SSSR count). The van der Waals surface area contributed by atoms with Crippen molar-refractivity contribution in [1.29, 1.82) is 0 Å². The summed E-state index contributed by atoms with van der Waals surface area (Å²) >= 11 is 2.00. The smallest absolute Gasteiger partial charge is 0.0684 e. The van der Waals surface area contributed by atoms with E-state index in [0.29, 0.717) is 15.7 Å². The van der Waals surface area contributed by atoms with E-state index in [-0.39, 0.29) is 5.54 Å². The van der Waals surface area contributed by atoms with Crippen LogP contribution < -0.4 is 5.32 Å². The first-order chi connectivity index (χ1) is 8.13. The monoisotopic (exact) mass is 283 g/mol. The van der Waals surface area contributed by atoms with E-state index in [9.17, 15) is 0 Å². The molecule has 1 N–H and O–H groups in total. The highest BCUT2D eigenvalue weighted by molar-refractivity contribution is 8.79. The van der Waals surface area contributed by atoms with E-state index < -0.39 is 0 Å². The molecule has 1 saturated heterocycles. The minimum absolute atomic E-state index is 0.182. The minimum Gasteiger partial charge on any atom is -0.379 e. The first kappa shape index (κ1) is 12.1. The molecule has 2 aliphatic rings. The number of nitrogens with one attached hydrogen (secondary N) is 1. The van der Waals surface area contributed by atoms with Gasteiger partial charge in [-0.3, -0.25) is 0 Å². The van der Waals surface area contributed by atoms with Crippen LogP contribution in [0.25, 0.3) is 0 Å². The lowest BCUT2D eigenvalue weighted by Crippen LogP contribution is -2.48. The second kappa shape index (κ2) is 4.32. The van der Waals surface area contributed by atoms with E-state index in [1.807, 2.05) is 11.8 Å². The molecule has 0 radical (unpaired) electrons. The fourth-order valence-corrected chi connectivity index (χ4v) is 8.49. The molecule has 0 aliphatic carbocycles. The largest absolute Gasteiger partial charge is 0.379 e. The summed E-state index contributed by atoms with van der Waals surface area (Å²) in [7, 11) is 4.12. The van der Waals surface area contributed by atoms with Gasteiger partial charge in [-0.2, -0.15) is 0 Å². The Hall–Kier alpha value is 0.0700. The Balaban J connectivity index is 2.09. The highest BCUT2D eigenvalue weighted by atomic mass is 33.1.